The number of imide groups is 1. The first kappa shape index (κ1) is 19.4. The van der Waals surface area contributed by atoms with Crippen LogP contribution in [0.1, 0.15) is 23.5 Å². The van der Waals surface area contributed by atoms with Gasteiger partial charge in [0.2, 0.25) is 5.91 Å². The standard InChI is InChI=1S/C22H18N2O6/c25-19(9-10-24-20(26)7-8-21(24)27)23-13-5-6-16-14-3-1-2-4-15(14)18(17(16)11-13)12-30-22(28)29/h1-8,11,18H,9-10,12H2,(H,23,25)(H,28,29). The fourth-order valence-corrected chi connectivity index (χ4v) is 3.81. The first-order valence-corrected chi connectivity index (χ1v) is 9.36. The molecule has 2 aliphatic rings. The molecule has 1 atom stereocenters. The number of hydrogen-bond donors (Lipinski definition) is 2. The van der Waals surface area contributed by atoms with Crippen LogP contribution in [-0.4, -0.2) is 47.0 Å². The van der Waals surface area contributed by atoms with E-state index in [1.54, 1.807) is 12.1 Å². The van der Waals surface area contributed by atoms with Crippen LogP contribution < -0.4 is 5.32 Å². The summed E-state index contributed by atoms with van der Waals surface area (Å²) in [5, 5.41) is 11.7. The summed E-state index contributed by atoms with van der Waals surface area (Å²) < 4.78 is 4.83. The van der Waals surface area contributed by atoms with Crippen LogP contribution in [0.2, 0.25) is 0 Å². The van der Waals surface area contributed by atoms with Crippen molar-refractivity contribution in [3.05, 3.63) is 65.7 Å². The lowest BCUT2D eigenvalue weighted by Crippen LogP contribution is -2.33. The van der Waals surface area contributed by atoms with E-state index in [1.807, 2.05) is 30.3 Å². The monoisotopic (exact) mass is 406 g/mol. The Bertz CT molecular complexity index is 1070. The van der Waals surface area contributed by atoms with Crippen molar-refractivity contribution < 1.29 is 29.0 Å². The second-order valence-corrected chi connectivity index (χ2v) is 6.98. The lowest BCUT2D eigenvalue weighted by Gasteiger charge is -2.15. The second kappa shape index (κ2) is 7.82. The van der Waals surface area contributed by atoms with E-state index in [1.165, 1.54) is 12.2 Å². The fourth-order valence-electron chi connectivity index (χ4n) is 3.81. The summed E-state index contributed by atoms with van der Waals surface area (Å²) in [6.07, 6.45) is 0.989. The van der Waals surface area contributed by atoms with E-state index in [0.29, 0.717) is 5.69 Å². The van der Waals surface area contributed by atoms with Gasteiger partial charge in [-0.25, -0.2) is 4.79 Å². The van der Waals surface area contributed by atoms with E-state index in [2.05, 4.69) is 5.32 Å². The maximum absolute atomic E-state index is 12.3. The van der Waals surface area contributed by atoms with Gasteiger partial charge in [-0.3, -0.25) is 19.3 Å². The Morgan fingerprint density at radius 3 is 2.43 bits per heavy atom. The molecule has 2 aromatic rings. The van der Waals surface area contributed by atoms with Gasteiger partial charge < -0.3 is 15.2 Å². The van der Waals surface area contributed by atoms with E-state index >= 15 is 0 Å². The highest BCUT2D eigenvalue weighted by Gasteiger charge is 2.30. The van der Waals surface area contributed by atoms with Gasteiger partial charge in [0.15, 0.2) is 0 Å². The Morgan fingerprint density at radius 1 is 1.00 bits per heavy atom. The molecule has 1 aliphatic heterocycles. The molecule has 1 heterocycles. The SMILES string of the molecule is O=C(CCN1C(=O)C=CC1=O)Nc1ccc2c(c1)C(COC(=O)O)c1ccccc1-2. The molecule has 30 heavy (non-hydrogen) atoms. The molecule has 0 saturated carbocycles. The fraction of sp³-hybridized carbons (Fsp3) is 0.182. The molecule has 0 spiro atoms. The number of ether oxygens (including phenoxy) is 1. The van der Waals surface area contributed by atoms with Crippen molar-refractivity contribution in [3.63, 3.8) is 0 Å². The Labute approximate surface area is 171 Å². The average molecular weight is 406 g/mol. The third-order valence-corrected chi connectivity index (χ3v) is 5.17. The smallest absolute Gasteiger partial charge is 0.450 e. The molecular weight excluding hydrogens is 388 g/mol. The maximum Gasteiger partial charge on any atom is 0.505 e. The van der Waals surface area contributed by atoms with Crippen LogP contribution in [0.4, 0.5) is 10.5 Å². The average Bonchev–Trinajstić information content (AvgIpc) is 3.21. The van der Waals surface area contributed by atoms with Crippen molar-refractivity contribution in [3.8, 4) is 11.1 Å². The summed E-state index contributed by atoms with van der Waals surface area (Å²) in [4.78, 5) is 47.4. The Morgan fingerprint density at radius 2 is 1.70 bits per heavy atom. The zero-order valence-electron chi connectivity index (χ0n) is 15.8. The highest BCUT2D eigenvalue weighted by molar-refractivity contribution is 6.13. The van der Waals surface area contributed by atoms with E-state index in [9.17, 15) is 19.2 Å². The molecule has 3 amide bonds. The van der Waals surface area contributed by atoms with Crippen molar-refractivity contribution in [1.82, 2.24) is 4.90 Å². The molecule has 0 bridgehead atoms. The topological polar surface area (TPSA) is 113 Å². The first-order valence-electron chi connectivity index (χ1n) is 9.36. The summed E-state index contributed by atoms with van der Waals surface area (Å²) in [6, 6.07) is 13.1. The van der Waals surface area contributed by atoms with Gasteiger partial charge in [-0.15, -0.1) is 0 Å². The molecule has 2 aromatic carbocycles. The predicted molar refractivity (Wildman–Crippen MR) is 107 cm³/mol. The van der Waals surface area contributed by atoms with Crippen LogP contribution in [0.3, 0.4) is 0 Å². The van der Waals surface area contributed by atoms with Gasteiger partial charge in [-0.05, 0) is 34.4 Å². The van der Waals surface area contributed by atoms with Gasteiger partial charge in [-0.2, -0.15) is 0 Å². The van der Waals surface area contributed by atoms with Crippen molar-refractivity contribution in [2.45, 2.75) is 12.3 Å². The molecule has 8 heteroatoms. The van der Waals surface area contributed by atoms with Gasteiger partial charge in [0.1, 0.15) is 6.61 Å². The quantitative estimate of drug-likeness (QED) is 0.563. The lowest BCUT2D eigenvalue weighted by molar-refractivity contribution is -0.137. The first-order chi connectivity index (χ1) is 14.4. The minimum atomic E-state index is -1.34. The van der Waals surface area contributed by atoms with E-state index in [4.69, 9.17) is 9.84 Å². The highest BCUT2D eigenvalue weighted by Crippen LogP contribution is 2.45. The minimum absolute atomic E-state index is 0.00194. The normalized spacial score (nSPS) is 16.4. The molecule has 2 N–H and O–H groups in total. The van der Waals surface area contributed by atoms with Crippen molar-refractivity contribution in [2.75, 3.05) is 18.5 Å². The minimum Gasteiger partial charge on any atom is -0.450 e. The number of carbonyl (C=O) groups is 4. The molecule has 4 rings (SSSR count). The van der Waals surface area contributed by atoms with Crippen molar-refractivity contribution >= 4 is 29.6 Å². The van der Waals surface area contributed by atoms with Crippen LogP contribution in [0, 0.1) is 0 Å². The zero-order valence-corrected chi connectivity index (χ0v) is 15.8. The van der Waals surface area contributed by atoms with E-state index in [-0.39, 0.29) is 31.4 Å². The molecule has 0 aromatic heterocycles. The second-order valence-electron chi connectivity index (χ2n) is 6.98. The van der Waals surface area contributed by atoms with E-state index in [0.717, 1.165) is 27.2 Å². The summed E-state index contributed by atoms with van der Waals surface area (Å²) in [7, 11) is 0. The number of amides is 3. The Kier molecular flexibility index (Phi) is 5.05. The summed E-state index contributed by atoms with van der Waals surface area (Å²) >= 11 is 0. The third-order valence-electron chi connectivity index (χ3n) is 5.17. The van der Waals surface area contributed by atoms with Gasteiger partial charge in [-0.1, -0.05) is 30.3 Å². The van der Waals surface area contributed by atoms with Crippen molar-refractivity contribution in [2.24, 2.45) is 0 Å². The van der Waals surface area contributed by atoms with Crippen LogP contribution in [0.15, 0.2) is 54.6 Å². The Balaban J connectivity index is 1.49. The molecule has 152 valence electrons. The van der Waals surface area contributed by atoms with Gasteiger partial charge in [0, 0.05) is 36.7 Å². The number of fused-ring (bicyclic) bond motifs is 3. The predicted octanol–water partition coefficient (Wildman–Crippen LogP) is 2.75. The number of nitrogens with one attached hydrogen (secondary N) is 1. The van der Waals surface area contributed by atoms with Gasteiger partial charge >= 0.3 is 6.16 Å². The zero-order chi connectivity index (χ0) is 21.3. The van der Waals surface area contributed by atoms with Crippen LogP contribution in [-0.2, 0) is 19.1 Å². The highest BCUT2D eigenvalue weighted by atomic mass is 16.7. The number of rotatable bonds is 6. The number of anilines is 1. The number of carboxylic acid groups (broad SMARTS) is 1. The number of carbonyl (C=O) groups excluding carboxylic acids is 3. The third kappa shape index (κ3) is 3.67. The molecule has 1 aliphatic carbocycles. The molecular formula is C22H18N2O6. The number of nitrogens with zero attached hydrogens (tertiary/aromatic N) is 1. The van der Waals surface area contributed by atoms with E-state index < -0.39 is 18.0 Å². The van der Waals surface area contributed by atoms with Gasteiger partial charge in [0.25, 0.3) is 11.8 Å². The van der Waals surface area contributed by atoms with Crippen LogP contribution >= 0.6 is 0 Å². The molecule has 0 saturated heterocycles. The molecule has 0 fully saturated rings. The van der Waals surface area contributed by atoms with Crippen LogP contribution in [0.25, 0.3) is 11.1 Å². The lowest BCUT2D eigenvalue weighted by atomic mass is 9.97. The largest absolute Gasteiger partial charge is 0.505 e. The summed E-state index contributed by atoms with van der Waals surface area (Å²) in [6.45, 7) is -0.0229. The maximum atomic E-state index is 12.3. The Hall–Kier alpha value is -3.94. The molecule has 8 nitrogen and oxygen atoms in total. The number of benzene rings is 2. The molecule has 0 radical (unpaired) electrons. The van der Waals surface area contributed by atoms with Crippen molar-refractivity contribution in [1.29, 1.82) is 0 Å². The number of hydrogen-bond acceptors (Lipinski definition) is 5. The molecule has 1 unspecified atom stereocenters. The summed E-state index contributed by atoms with van der Waals surface area (Å²) in [5.74, 6) is -1.46. The van der Waals surface area contributed by atoms with Crippen LogP contribution in [0.5, 0.6) is 0 Å². The van der Waals surface area contributed by atoms with Gasteiger partial charge in [0.05, 0.1) is 0 Å². The summed E-state index contributed by atoms with van der Waals surface area (Å²) in [5.41, 5.74) is 4.34.